The number of ether oxygens (including phenoxy) is 3. The molecule has 0 aliphatic rings. The number of rotatable bonds is 10. The molecule has 0 heterocycles. The van der Waals surface area contributed by atoms with Crippen LogP contribution in [0.25, 0.3) is 0 Å². The molecular weight excluding hydrogens is 276 g/mol. The Kier molecular flexibility index (Phi) is 10.3. The summed E-state index contributed by atoms with van der Waals surface area (Å²) in [5.74, 6) is -3.35. The summed E-state index contributed by atoms with van der Waals surface area (Å²) in [6.45, 7) is 7.80. The molecule has 6 heteroatoms. The average Bonchev–Trinajstić information content (AvgIpc) is 2.43. The summed E-state index contributed by atoms with van der Waals surface area (Å²) < 4.78 is 14.9. The molecule has 0 bridgehead atoms. The summed E-state index contributed by atoms with van der Waals surface area (Å²) in [6.07, 6.45) is 1.30. The number of hydrogen-bond donors (Lipinski definition) is 0. The first kappa shape index (κ1) is 19.4. The number of carbonyl (C=O) groups is 3. The van der Waals surface area contributed by atoms with Crippen LogP contribution in [0.5, 0.6) is 0 Å². The zero-order valence-corrected chi connectivity index (χ0v) is 13.3. The van der Waals surface area contributed by atoms with Crippen LogP contribution in [0.1, 0.15) is 47.0 Å². The lowest BCUT2D eigenvalue weighted by Gasteiger charge is -2.20. The van der Waals surface area contributed by atoms with Crippen LogP contribution in [-0.4, -0.2) is 37.7 Å². The highest BCUT2D eigenvalue weighted by atomic mass is 16.6. The second-order valence-electron chi connectivity index (χ2n) is 4.80. The lowest BCUT2D eigenvalue weighted by Crippen LogP contribution is -2.35. The Morgan fingerprint density at radius 2 is 1.33 bits per heavy atom. The standard InChI is InChI=1S/C15H26O6/c1-5-8-20-14(17)13(15(18)21-9-6-2)11(4)10-12(16)19-7-3/h11,13H,5-10H2,1-4H3/t11-/m1/s1. The smallest absolute Gasteiger partial charge is 0.320 e. The first-order valence-corrected chi connectivity index (χ1v) is 7.46. The van der Waals surface area contributed by atoms with Crippen LogP contribution in [0.2, 0.25) is 0 Å². The molecule has 0 rings (SSSR count). The van der Waals surface area contributed by atoms with Gasteiger partial charge in [0.15, 0.2) is 5.92 Å². The van der Waals surface area contributed by atoms with Gasteiger partial charge in [-0.1, -0.05) is 20.8 Å². The van der Waals surface area contributed by atoms with Crippen LogP contribution in [0.15, 0.2) is 0 Å². The molecule has 0 aliphatic heterocycles. The fourth-order valence-corrected chi connectivity index (χ4v) is 1.75. The molecule has 0 saturated heterocycles. The van der Waals surface area contributed by atoms with Crippen molar-refractivity contribution in [3.8, 4) is 0 Å². The van der Waals surface area contributed by atoms with E-state index >= 15 is 0 Å². The van der Waals surface area contributed by atoms with Gasteiger partial charge in [0, 0.05) is 6.42 Å². The van der Waals surface area contributed by atoms with Crippen LogP contribution >= 0.6 is 0 Å². The quantitative estimate of drug-likeness (QED) is 0.349. The molecule has 0 aromatic heterocycles. The van der Waals surface area contributed by atoms with E-state index in [-0.39, 0.29) is 26.2 Å². The van der Waals surface area contributed by atoms with Crippen LogP contribution in [-0.2, 0) is 28.6 Å². The lowest BCUT2D eigenvalue weighted by atomic mass is 9.91. The molecule has 0 radical (unpaired) electrons. The Labute approximate surface area is 126 Å². The molecule has 0 fully saturated rings. The Morgan fingerprint density at radius 1 is 0.857 bits per heavy atom. The predicted octanol–water partition coefficient (Wildman–Crippen LogP) is 2.10. The van der Waals surface area contributed by atoms with E-state index in [1.165, 1.54) is 0 Å². The Hall–Kier alpha value is -1.59. The Balaban J connectivity index is 4.80. The predicted molar refractivity (Wildman–Crippen MR) is 76.4 cm³/mol. The number of carbonyl (C=O) groups excluding carboxylic acids is 3. The van der Waals surface area contributed by atoms with Gasteiger partial charge >= 0.3 is 17.9 Å². The maximum absolute atomic E-state index is 12.0. The minimum Gasteiger partial charge on any atom is -0.466 e. The van der Waals surface area contributed by atoms with E-state index in [2.05, 4.69) is 0 Å². The first-order valence-electron chi connectivity index (χ1n) is 7.46. The van der Waals surface area contributed by atoms with Crippen LogP contribution in [0.4, 0.5) is 0 Å². The highest BCUT2D eigenvalue weighted by molar-refractivity contribution is 5.95. The van der Waals surface area contributed by atoms with Gasteiger partial charge in [-0.05, 0) is 25.7 Å². The Morgan fingerprint density at radius 3 is 1.71 bits per heavy atom. The van der Waals surface area contributed by atoms with E-state index in [0.717, 1.165) is 0 Å². The summed E-state index contributed by atoms with van der Waals surface area (Å²) in [4.78, 5) is 35.5. The molecule has 0 aromatic carbocycles. The zero-order valence-electron chi connectivity index (χ0n) is 13.3. The largest absolute Gasteiger partial charge is 0.466 e. The van der Waals surface area contributed by atoms with E-state index in [0.29, 0.717) is 12.8 Å². The minimum atomic E-state index is -1.09. The third-order valence-electron chi connectivity index (χ3n) is 2.77. The molecular formula is C15H26O6. The van der Waals surface area contributed by atoms with Crippen LogP contribution < -0.4 is 0 Å². The lowest BCUT2D eigenvalue weighted by molar-refractivity contribution is -0.165. The third kappa shape index (κ3) is 7.68. The second-order valence-corrected chi connectivity index (χ2v) is 4.80. The first-order chi connectivity index (χ1) is 9.97. The maximum Gasteiger partial charge on any atom is 0.320 e. The Bertz CT molecular complexity index is 319. The molecule has 0 spiro atoms. The molecule has 0 amide bonds. The van der Waals surface area contributed by atoms with Crippen molar-refractivity contribution in [2.75, 3.05) is 19.8 Å². The van der Waals surface area contributed by atoms with Gasteiger partial charge in [-0.3, -0.25) is 14.4 Å². The molecule has 0 unspecified atom stereocenters. The van der Waals surface area contributed by atoms with E-state index in [1.54, 1.807) is 13.8 Å². The minimum absolute atomic E-state index is 0.0268. The average molecular weight is 302 g/mol. The highest BCUT2D eigenvalue weighted by Gasteiger charge is 2.36. The van der Waals surface area contributed by atoms with Gasteiger partial charge in [0.2, 0.25) is 0 Å². The van der Waals surface area contributed by atoms with Gasteiger partial charge in [-0.2, -0.15) is 0 Å². The SMILES string of the molecule is CCCOC(=O)C(C(=O)OCCC)[C@H](C)CC(=O)OCC. The van der Waals surface area contributed by atoms with Crippen LogP contribution in [0, 0.1) is 11.8 Å². The summed E-state index contributed by atoms with van der Waals surface area (Å²) in [6, 6.07) is 0. The molecule has 122 valence electrons. The fraction of sp³-hybridized carbons (Fsp3) is 0.800. The molecule has 0 aromatic rings. The van der Waals surface area contributed by atoms with Crippen molar-refractivity contribution in [1.82, 2.24) is 0 Å². The van der Waals surface area contributed by atoms with Crippen molar-refractivity contribution in [2.45, 2.75) is 47.0 Å². The van der Waals surface area contributed by atoms with Crippen molar-refractivity contribution in [2.24, 2.45) is 11.8 Å². The molecule has 6 nitrogen and oxygen atoms in total. The monoisotopic (exact) mass is 302 g/mol. The summed E-state index contributed by atoms with van der Waals surface area (Å²) >= 11 is 0. The van der Waals surface area contributed by atoms with Crippen LogP contribution in [0.3, 0.4) is 0 Å². The van der Waals surface area contributed by atoms with Crippen molar-refractivity contribution < 1.29 is 28.6 Å². The van der Waals surface area contributed by atoms with E-state index in [1.807, 2.05) is 13.8 Å². The van der Waals surface area contributed by atoms with Crippen molar-refractivity contribution in [3.05, 3.63) is 0 Å². The molecule has 0 saturated carbocycles. The molecule has 1 atom stereocenters. The summed E-state index contributed by atoms with van der Waals surface area (Å²) in [5, 5.41) is 0. The third-order valence-corrected chi connectivity index (χ3v) is 2.77. The topological polar surface area (TPSA) is 78.9 Å². The van der Waals surface area contributed by atoms with E-state index in [4.69, 9.17) is 14.2 Å². The zero-order chi connectivity index (χ0) is 16.3. The van der Waals surface area contributed by atoms with E-state index in [9.17, 15) is 14.4 Å². The van der Waals surface area contributed by atoms with Gasteiger partial charge in [0.25, 0.3) is 0 Å². The van der Waals surface area contributed by atoms with E-state index < -0.39 is 29.7 Å². The second kappa shape index (κ2) is 11.1. The highest BCUT2D eigenvalue weighted by Crippen LogP contribution is 2.20. The maximum atomic E-state index is 12.0. The summed E-state index contributed by atoms with van der Waals surface area (Å²) in [7, 11) is 0. The molecule has 21 heavy (non-hydrogen) atoms. The van der Waals surface area contributed by atoms with Gasteiger partial charge in [-0.15, -0.1) is 0 Å². The van der Waals surface area contributed by atoms with Crippen molar-refractivity contribution in [1.29, 1.82) is 0 Å². The molecule has 0 aliphatic carbocycles. The van der Waals surface area contributed by atoms with Crippen molar-refractivity contribution >= 4 is 17.9 Å². The number of esters is 3. The van der Waals surface area contributed by atoms with Gasteiger partial charge < -0.3 is 14.2 Å². The van der Waals surface area contributed by atoms with Gasteiger partial charge in [0.05, 0.1) is 19.8 Å². The van der Waals surface area contributed by atoms with Gasteiger partial charge in [0.1, 0.15) is 0 Å². The normalized spacial score (nSPS) is 11.9. The van der Waals surface area contributed by atoms with Crippen molar-refractivity contribution in [3.63, 3.8) is 0 Å². The molecule has 0 N–H and O–H groups in total. The fourth-order valence-electron chi connectivity index (χ4n) is 1.75. The summed E-state index contributed by atoms with van der Waals surface area (Å²) in [5.41, 5.74) is 0. The number of hydrogen-bond acceptors (Lipinski definition) is 6. The van der Waals surface area contributed by atoms with Gasteiger partial charge in [-0.25, -0.2) is 0 Å².